The molecule has 8 fully saturated rings. The number of aliphatic hydroxyl groups is 2. The van der Waals surface area contributed by atoms with Crippen LogP contribution < -0.4 is 21.3 Å². The Morgan fingerprint density at radius 2 is 0.493 bits per heavy atom. The van der Waals surface area contributed by atoms with E-state index in [2.05, 4.69) is 137 Å². The molecule has 4 saturated heterocycles. The number of carbonyl (C=O) groups is 6. The normalized spacial score (nSPS) is 22.5. The van der Waals surface area contributed by atoms with E-state index >= 15 is 0 Å². The third kappa shape index (κ3) is 24.9. The van der Waals surface area contributed by atoms with Crippen molar-refractivity contribution in [3.63, 3.8) is 0 Å². The van der Waals surface area contributed by atoms with Crippen molar-refractivity contribution in [2.24, 2.45) is 23.7 Å². The van der Waals surface area contributed by atoms with Gasteiger partial charge in [-0.05, 0) is 99.3 Å². The Labute approximate surface area is 835 Å². The number of esters is 2. The lowest BCUT2D eigenvalue weighted by molar-refractivity contribution is -0.144. The van der Waals surface area contributed by atoms with Gasteiger partial charge in [0.15, 0.2) is 22.8 Å². The first kappa shape index (κ1) is 101. The molecule has 20 rings (SSSR count). The van der Waals surface area contributed by atoms with Crippen LogP contribution in [0.1, 0.15) is 205 Å². The van der Waals surface area contributed by atoms with Gasteiger partial charge in [-0.15, -0.1) is 0 Å². The van der Waals surface area contributed by atoms with Crippen molar-refractivity contribution in [2.75, 3.05) is 105 Å². The molecule has 6 N–H and O–H groups in total. The highest BCUT2D eigenvalue weighted by Crippen LogP contribution is 2.45. The van der Waals surface area contributed by atoms with Crippen LogP contribution in [0.3, 0.4) is 0 Å². The lowest BCUT2D eigenvalue weighted by Crippen LogP contribution is -2.54. The molecule has 12 atom stereocenters. The predicted molar refractivity (Wildman–Crippen MR) is 553 cm³/mol. The first-order chi connectivity index (χ1) is 69.7. The number of benzene rings is 8. The van der Waals surface area contributed by atoms with Gasteiger partial charge in [-0.2, -0.15) is 0 Å². The number of aromatic nitrogens is 8. The van der Waals surface area contributed by atoms with E-state index in [1.165, 1.54) is 36.1 Å². The van der Waals surface area contributed by atoms with Crippen LogP contribution in [0.4, 0.5) is 0 Å². The van der Waals surface area contributed by atoms with Crippen LogP contribution in [0.25, 0.3) is 45.0 Å². The summed E-state index contributed by atoms with van der Waals surface area (Å²) in [5.41, 5.74) is 14.4. The minimum atomic E-state index is -0.253. The number of amides is 4. The summed E-state index contributed by atoms with van der Waals surface area (Å²) in [6, 6.07) is 82.7. The molecule has 4 aliphatic carbocycles. The molecule has 0 spiro atoms. The smallest absolute Gasteiger partial charge is 0.302 e. The highest BCUT2D eigenvalue weighted by atomic mass is 16.5. The lowest BCUT2D eigenvalue weighted by Gasteiger charge is -2.36. The summed E-state index contributed by atoms with van der Waals surface area (Å²) in [4.78, 5) is 106. The van der Waals surface area contributed by atoms with Gasteiger partial charge in [0.1, 0.15) is 0 Å². The summed E-state index contributed by atoms with van der Waals surface area (Å²) in [6.07, 6.45) is 27.5. The van der Waals surface area contributed by atoms with E-state index in [0.29, 0.717) is 62.2 Å². The molecule has 0 radical (unpaired) electrons. The predicted octanol–water partition coefficient (Wildman–Crippen LogP) is 16.9. The fourth-order valence-corrected chi connectivity index (χ4v) is 23.0. The highest BCUT2D eigenvalue weighted by Gasteiger charge is 2.42. The molecular formula is C116H140N16O10. The number of hydrogen-bond acceptors (Lipinski definition) is 18. The lowest BCUT2D eigenvalue weighted by atomic mass is 9.84. The van der Waals surface area contributed by atoms with Gasteiger partial charge in [0.2, 0.25) is 0 Å². The number of nitrogens with zero attached hydrogens (tertiary/aromatic N) is 12. The Bertz CT molecular complexity index is 5650. The van der Waals surface area contributed by atoms with E-state index in [4.69, 9.17) is 29.4 Å². The summed E-state index contributed by atoms with van der Waals surface area (Å²) in [6.45, 7) is 12.8. The molecule has 142 heavy (non-hydrogen) atoms. The first-order valence-corrected chi connectivity index (χ1v) is 51.9. The molecule has 744 valence electrons. The maximum atomic E-state index is 14.1. The maximum Gasteiger partial charge on any atom is 0.302 e. The van der Waals surface area contributed by atoms with Gasteiger partial charge in [0.25, 0.3) is 23.6 Å². The van der Waals surface area contributed by atoms with Crippen LogP contribution in [-0.2, 0) is 44.7 Å². The maximum absolute atomic E-state index is 14.1. The van der Waals surface area contributed by atoms with Crippen molar-refractivity contribution >= 4 is 35.6 Å². The van der Waals surface area contributed by atoms with Gasteiger partial charge < -0.3 is 78.8 Å². The molecule has 26 nitrogen and oxygen atoms in total. The fourth-order valence-electron chi connectivity index (χ4n) is 23.0. The van der Waals surface area contributed by atoms with Gasteiger partial charge >= 0.3 is 11.9 Å². The largest absolute Gasteiger partial charge is 0.465 e. The zero-order valence-electron chi connectivity index (χ0n) is 82.3. The van der Waals surface area contributed by atoms with E-state index in [9.17, 15) is 39.0 Å². The van der Waals surface area contributed by atoms with E-state index < -0.39 is 0 Å². The summed E-state index contributed by atoms with van der Waals surface area (Å²) in [5.74, 6) is 0.225. The van der Waals surface area contributed by atoms with Crippen LogP contribution in [0.2, 0.25) is 0 Å². The Hall–Kier alpha value is -12.8. The number of rotatable bonds is 26. The van der Waals surface area contributed by atoms with Crippen LogP contribution in [0, 0.1) is 23.7 Å². The minimum Gasteiger partial charge on any atom is -0.465 e. The van der Waals surface area contributed by atoms with Crippen LogP contribution in [0.5, 0.6) is 0 Å². The van der Waals surface area contributed by atoms with Crippen molar-refractivity contribution < 1.29 is 48.5 Å². The van der Waals surface area contributed by atoms with E-state index in [1.807, 2.05) is 191 Å². The average molecular weight is 1920 g/mol. The molecule has 0 bridgehead atoms. The quantitative estimate of drug-likeness (QED) is 0.0275. The topological polar surface area (TPSA) is 294 Å². The van der Waals surface area contributed by atoms with Crippen molar-refractivity contribution in [1.82, 2.24) is 79.1 Å². The Morgan fingerprint density at radius 1 is 0.289 bits per heavy atom. The molecule has 26 heteroatoms. The Morgan fingerprint density at radius 3 is 0.711 bits per heavy atom. The summed E-state index contributed by atoms with van der Waals surface area (Å²) in [7, 11) is 0. The van der Waals surface area contributed by atoms with Crippen LogP contribution >= 0.6 is 0 Å². The third-order valence-corrected chi connectivity index (χ3v) is 30.3. The van der Waals surface area contributed by atoms with Gasteiger partial charge in [-0.3, -0.25) is 28.8 Å². The number of aliphatic hydroxyl groups excluding tert-OH is 2. The number of hydrogen-bond donors (Lipinski definition) is 6. The molecule has 8 heterocycles. The average Bonchev–Trinajstić information content (AvgIpc) is 1.61. The van der Waals surface area contributed by atoms with E-state index in [0.717, 1.165) is 226 Å². The Kier molecular flexibility index (Phi) is 35.6. The summed E-state index contributed by atoms with van der Waals surface area (Å²) < 4.78 is 19.6. The molecular weight excluding hydrogens is 1780 g/mol. The zero-order chi connectivity index (χ0) is 97.9. The fraction of sp³-hybridized carbons (Fsp3) is 0.431. The second-order valence-corrected chi connectivity index (χ2v) is 39.5. The van der Waals surface area contributed by atoms with Gasteiger partial charge in [0, 0.05) is 200 Å². The van der Waals surface area contributed by atoms with Gasteiger partial charge in [-0.25, -0.2) is 19.9 Å². The molecule has 4 aromatic heterocycles. The summed E-state index contributed by atoms with van der Waals surface area (Å²) >= 11 is 0. The number of nitrogens with one attached hydrogen (secondary N) is 4. The van der Waals surface area contributed by atoms with Crippen LogP contribution in [-0.4, -0.2) is 233 Å². The second kappa shape index (κ2) is 50.2. The molecule has 4 saturated carbocycles. The van der Waals surface area contributed by atoms with Crippen molar-refractivity contribution in [3.05, 3.63) is 313 Å². The molecule has 8 aliphatic rings. The third-order valence-electron chi connectivity index (χ3n) is 30.3. The number of piperazine rings is 4. The van der Waals surface area contributed by atoms with Crippen molar-refractivity contribution in [3.8, 4) is 45.0 Å². The molecule has 8 aromatic carbocycles. The number of carbonyl (C=O) groups excluding carboxylic acids is 6. The van der Waals surface area contributed by atoms with Crippen molar-refractivity contribution in [1.29, 1.82) is 0 Å². The standard InChI is InChI=1S/2C30H36N4O3.2C28H34N4O2/c2*1-22(35)37-20-25-14-8-9-15-27(25)34-21-32-28(29(34)24-12-6-3-7-13-24)30(36)33-17-16-31-19-26(33)18-23-10-4-2-5-11-23;2*33-19-23-13-7-8-14-25(23)32-20-30-26(27(32)22-11-5-2-6-12-22)28(34)31-16-15-29-18-24(31)17-21-9-3-1-4-10-21/h2*2-7,10-13,21,25-27,31H,8-9,14-20H2,1H3;2*1-6,9-12,20,23-25,29,33H,7-8,13-19H2/t25-,26+,27-;25-,26-,27-;23-,24+,25-;23-,24-,25-/m0101/s1. The van der Waals surface area contributed by atoms with Crippen molar-refractivity contribution in [2.45, 2.75) is 191 Å². The molecule has 4 amide bonds. The van der Waals surface area contributed by atoms with Crippen LogP contribution in [0.15, 0.2) is 268 Å². The molecule has 12 aromatic rings. The number of ether oxygens (including phenoxy) is 2. The van der Waals surface area contributed by atoms with Gasteiger partial charge in [0.05, 0.1) is 61.3 Å². The second-order valence-electron chi connectivity index (χ2n) is 39.5. The first-order valence-electron chi connectivity index (χ1n) is 51.9. The summed E-state index contributed by atoms with van der Waals surface area (Å²) in [5, 5.41) is 34.0. The SMILES string of the molecule is CC(=O)OC[C@@H]1CCCC[C@@H]1n1cnc(C(=O)N2CCNC[C@H]2Cc2ccccc2)c1-c1ccccc1.CC(=O)OC[C@H]1CCCC[C@H]1n1cnc(C(=O)N2CCNC[C@H]2Cc2ccccc2)c1-c1ccccc1.O=C(c1ncn([C@@H]2CCCC[C@@H]2CO)c1-c1ccccc1)N1CCNC[C@H]1Cc1ccccc1.O=C(c1ncn([C@H]2CCCC[C@H]2CO)c1-c1ccccc1)N1CCNC[C@H]1Cc1ccccc1. The molecule has 0 unspecified atom stereocenters. The Balaban J connectivity index is 0.000000130. The highest BCUT2D eigenvalue weighted by molar-refractivity contribution is 6.01. The van der Waals surface area contributed by atoms with E-state index in [1.54, 1.807) is 0 Å². The zero-order valence-corrected chi connectivity index (χ0v) is 82.3. The molecule has 4 aliphatic heterocycles. The van der Waals surface area contributed by atoms with Gasteiger partial charge in [-0.1, -0.05) is 294 Å². The minimum absolute atomic E-state index is 0.00334. The number of imidazole rings is 4. The van der Waals surface area contributed by atoms with E-state index in [-0.39, 0.29) is 121 Å². The monoisotopic (exact) mass is 1920 g/mol.